The Morgan fingerprint density at radius 2 is 2.24 bits per heavy atom. The smallest absolute Gasteiger partial charge is 0.194 e. The second-order valence-electron chi connectivity index (χ2n) is 3.82. The molecule has 2 rings (SSSR count). The lowest BCUT2D eigenvalue weighted by atomic mass is 10.1. The molecule has 2 nitrogen and oxygen atoms in total. The summed E-state index contributed by atoms with van der Waals surface area (Å²) in [5, 5.41) is 0. The molecule has 17 heavy (non-hydrogen) atoms. The van der Waals surface area contributed by atoms with Crippen molar-refractivity contribution in [1.29, 1.82) is 0 Å². The Hall–Kier alpha value is -0.800. The van der Waals surface area contributed by atoms with E-state index in [4.69, 9.17) is 16.0 Å². The first-order valence-corrected chi connectivity index (χ1v) is 6.81. The number of nitrogens with zero attached hydrogens (tertiary/aromatic N) is 1. The van der Waals surface area contributed by atoms with Crippen LogP contribution in [0.3, 0.4) is 0 Å². The highest BCUT2D eigenvalue weighted by Crippen LogP contribution is 2.29. The minimum Gasteiger partial charge on any atom is -0.441 e. The third kappa shape index (κ3) is 2.90. The van der Waals surface area contributed by atoms with Gasteiger partial charge in [0.25, 0.3) is 0 Å². The quantitative estimate of drug-likeness (QED) is 0.772. The van der Waals surface area contributed by atoms with Gasteiger partial charge in [0.05, 0.1) is 6.20 Å². The molecule has 1 aromatic heterocycles. The van der Waals surface area contributed by atoms with Crippen molar-refractivity contribution in [3.63, 3.8) is 0 Å². The first-order valence-electron chi connectivity index (χ1n) is 5.48. The van der Waals surface area contributed by atoms with Crippen molar-refractivity contribution < 1.29 is 4.42 Å². The van der Waals surface area contributed by atoms with Crippen LogP contribution in [-0.2, 0) is 6.42 Å². The molecule has 0 bridgehead atoms. The van der Waals surface area contributed by atoms with Crippen LogP contribution in [0.5, 0.6) is 0 Å². The SMILES string of the molecule is Cc1c(Br)cccc1-c1cnc(CCCCl)o1. The fraction of sp³-hybridized carbons (Fsp3) is 0.308. The number of hydrogen-bond donors (Lipinski definition) is 0. The highest BCUT2D eigenvalue weighted by molar-refractivity contribution is 9.10. The molecule has 0 atom stereocenters. The van der Waals surface area contributed by atoms with Gasteiger partial charge in [-0.25, -0.2) is 4.98 Å². The topological polar surface area (TPSA) is 26.0 Å². The van der Waals surface area contributed by atoms with Gasteiger partial charge in [0.15, 0.2) is 11.7 Å². The Morgan fingerprint density at radius 3 is 3.00 bits per heavy atom. The molecule has 4 heteroatoms. The van der Waals surface area contributed by atoms with E-state index in [1.54, 1.807) is 6.20 Å². The van der Waals surface area contributed by atoms with E-state index in [2.05, 4.69) is 27.8 Å². The monoisotopic (exact) mass is 313 g/mol. The fourth-order valence-electron chi connectivity index (χ4n) is 1.64. The van der Waals surface area contributed by atoms with Crippen LogP contribution in [0.1, 0.15) is 17.9 Å². The van der Waals surface area contributed by atoms with Gasteiger partial charge >= 0.3 is 0 Å². The zero-order chi connectivity index (χ0) is 12.3. The van der Waals surface area contributed by atoms with Gasteiger partial charge in [-0.2, -0.15) is 0 Å². The van der Waals surface area contributed by atoms with Crippen molar-refractivity contribution in [1.82, 2.24) is 4.98 Å². The second-order valence-corrected chi connectivity index (χ2v) is 5.06. The molecular formula is C13H13BrClNO. The summed E-state index contributed by atoms with van der Waals surface area (Å²) in [5.74, 6) is 2.20. The van der Waals surface area contributed by atoms with Crippen molar-refractivity contribution in [2.75, 3.05) is 5.88 Å². The molecule has 1 heterocycles. The highest BCUT2D eigenvalue weighted by Gasteiger charge is 2.09. The molecule has 0 saturated carbocycles. The minimum atomic E-state index is 0.633. The standard InChI is InChI=1S/C13H13BrClNO/c1-9-10(4-2-5-11(9)14)12-8-16-13(17-12)6-3-7-15/h2,4-5,8H,3,6-7H2,1H3. The van der Waals surface area contributed by atoms with Gasteiger partial charge in [-0.05, 0) is 25.0 Å². The van der Waals surface area contributed by atoms with Crippen LogP contribution in [0.2, 0.25) is 0 Å². The van der Waals surface area contributed by atoms with Crippen LogP contribution >= 0.6 is 27.5 Å². The largest absolute Gasteiger partial charge is 0.441 e. The van der Waals surface area contributed by atoms with Crippen molar-refractivity contribution in [3.05, 3.63) is 40.3 Å². The molecule has 0 fully saturated rings. The second kappa shape index (κ2) is 5.69. The lowest BCUT2D eigenvalue weighted by Crippen LogP contribution is -1.85. The summed E-state index contributed by atoms with van der Waals surface area (Å²) in [7, 11) is 0. The van der Waals surface area contributed by atoms with E-state index in [0.29, 0.717) is 5.88 Å². The number of benzene rings is 1. The maximum absolute atomic E-state index is 5.72. The molecule has 1 aromatic carbocycles. The molecule has 90 valence electrons. The predicted molar refractivity (Wildman–Crippen MR) is 73.4 cm³/mol. The Bertz CT molecular complexity index is 510. The summed E-state index contributed by atoms with van der Waals surface area (Å²) in [6, 6.07) is 6.04. The van der Waals surface area contributed by atoms with Crippen LogP contribution < -0.4 is 0 Å². The van der Waals surface area contributed by atoms with Crippen LogP contribution in [0.4, 0.5) is 0 Å². The summed E-state index contributed by atoms with van der Waals surface area (Å²) in [4.78, 5) is 4.26. The van der Waals surface area contributed by atoms with Gasteiger partial charge in [-0.1, -0.05) is 28.1 Å². The highest BCUT2D eigenvalue weighted by atomic mass is 79.9. The lowest BCUT2D eigenvalue weighted by Gasteiger charge is -2.03. The molecule has 0 amide bonds. The number of hydrogen-bond acceptors (Lipinski definition) is 2. The summed E-state index contributed by atoms with van der Waals surface area (Å²) < 4.78 is 6.79. The normalized spacial score (nSPS) is 10.8. The van der Waals surface area contributed by atoms with Gasteiger partial charge < -0.3 is 4.42 Å². The number of aryl methyl sites for hydroxylation is 1. The molecule has 0 aliphatic heterocycles. The Balaban J connectivity index is 2.27. The molecule has 0 aliphatic carbocycles. The molecule has 0 saturated heterocycles. The molecule has 0 spiro atoms. The lowest BCUT2D eigenvalue weighted by molar-refractivity contribution is 0.503. The minimum absolute atomic E-state index is 0.633. The summed E-state index contributed by atoms with van der Waals surface area (Å²) >= 11 is 9.16. The van der Waals surface area contributed by atoms with Gasteiger partial charge in [0.1, 0.15) is 0 Å². The number of halogens is 2. The van der Waals surface area contributed by atoms with Gasteiger partial charge in [-0.15, -0.1) is 11.6 Å². The molecule has 0 radical (unpaired) electrons. The fourth-order valence-corrected chi connectivity index (χ4v) is 2.14. The third-order valence-corrected chi connectivity index (χ3v) is 3.74. The summed E-state index contributed by atoms with van der Waals surface area (Å²) in [5.41, 5.74) is 2.23. The van der Waals surface area contributed by atoms with Crippen molar-refractivity contribution >= 4 is 27.5 Å². The number of oxazole rings is 1. The third-order valence-electron chi connectivity index (χ3n) is 2.61. The Kier molecular flexibility index (Phi) is 4.24. The van der Waals surface area contributed by atoms with E-state index in [0.717, 1.165) is 40.1 Å². The van der Waals surface area contributed by atoms with Gasteiger partial charge in [0.2, 0.25) is 0 Å². The van der Waals surface area contributed by atoms with Crippen molar-refractivity contribution in [2.45, 2.75) is 19.8 Å². The van der Waals surface area contributed by atoms with Crippen LogP contribution in [-0.4, -0.2) is 10.9 Å². The van der Waals surface area contributed by atoms with E-state index in [1.165, 1.54) is 0 Å². The molecule has 0 N–H and O–H groups in total. The molecule has 2 aromatic rings. The van der Waals surface area contributed by atoms with Gasteiger partial charge in [-0.3, -0.25) is 0 Å². The van der Waals surface area contributed by atoms with Gasteiger partial charge in [0, 0.05) is 22.3 Å². The summed E-state index contributed by atoms with van der Waals surface area (Å²) in [6.07, 6.45) is 3.45. The van der Waals surface area contributed by atoms with E-state index >= 15 is 0 Å². The van der Waals surface area contributed by atoms with E-state index < -0.39 is 0 Å². The first kappa shape index (κ1) is 12.7. The average molecular weight is 315 g/mol. The van der Waals surface area contributed by atoms with Crippen molar-refractivity contribution in [3.8, 4) is 11.3 Å². The maximum atomic E-state index is 5.72. The van der Waals surface area contributed by atoms with Crippen LogP contribution in [0, 0.1) is 6.92 Å². The first-order chi connectivity index (χ1) is 8.22. The van der Waals surface area contributed by atoms with Crippen LogP contribution in [0.25, 0.3) is 11.3 Å². The summed E-state index contributed by atoms with van der Waals surface area (Å²) in [6.45, 7) is 2.06. The maximum Gasteiger partial charge on any atom is 0.194 e. The molecule has 0 aliphatic rings. The molecule has 0 unspecified atom stereocenters. The zero-order valence-electron chi connectivity index (χ0n) is 9.54. The van der Waals surface area contributed by atoms with Crippen LogP contribution in [0.15, 0.2) is 33.3 Å². The van der Waals surface area contributed by atoms with Crippen molar-refractivity contribution in [2.24, 2.45) is 0 Å². The van der Waals surface area contributed by atoms with E-state index in [-0.39, 0.29) is 0 Å². The Morgan fingerprint density at radius 1 is 1.41 bits per heavy atom. The van der Waals surface area contributed by atoms with E-state index in [1.807, 2.05) is 18.2 Å². The number of alkyl halides is 1. The average Bonchev–Trinajstić information content (AvgIpc) is 2.78. The number of aromatic nitrogens is 1. The predicted octanol–water partition coefficient (Wildman–Crippen LogP) is 4.58. The van der Waals surface area contributed by atoms with E-state index in [9.17, 15) is 0 Å². The Labute approximate surface area is 114 Å². The zero-order valence-corrected chi connectivity index (χ0v) is 11.9. The molecular weight excluding hydrogens is 302 g/mol. The number of rotatable bonds is 4.